The van der Waals surface area contributed by atoms with Gasteiger partial charge in [-0.1, -0.05) is 11.6 Å². The first-order valence-corrected chi connectivity index (χ1v) is 8.20. The Hall–Kier alpha value is -3.00. The first-order chi connectivity index (χ1) is 12.8. The van der Waals surface area contributed by atoms with Gasteiger partial charge in [0, 0.05) is 30.3 Å². The fraction of sp³-hybridized carbons (Fsp3) is 0.167. The molecule has 0 aliphatic rings. The van der Waals surface area contributed by atoms with Crippen molar-refractivity contribution in [1.29, 1.82) is 0 Å². The normalized spacial score (nSPS) is 10.9. The molecular weight excluding hydrogens is 380 g/mol. The zero-order chi connectivity index (χ0) is 19.7. The van der Waals surface area contributed by atoms with Gasteiger partial charge in [-0.2, -0.15) is 5.10 Å². The highest BCUT2D eigenvalue weighted by atomic mass is 35.5. The molecule has 6 nitrogen and oxygen atoms in total. The number of aryl methyl sites for hydroxylation is 1. The molecule has 9 heteroatoms. The fourth-order valence-electron chi connectivity index (χ4n) is 2.50. The van der Waals surface area contributed by atoms with E-state index in [-0.39, 0.29) is 28.8 Å². The minimum atomic E-state index is -0.757. The molecule has 0 radical (unpaired) electrons. The molecule has 0 spiro atoms. The van der Waals surface area contributed by atoms with Crippen molar-refractivity contribution in [2.24, 2.45) is 0 Å². The number of pyridine rings is 1. The predicted octanol–water partition coefficient (Wildman–Crippen LogP) is 3.51. The summed E-state index contributed by atoms with van der Waals surface area (Å²) in [6.07, 6.45) is 2.77. The van der Waals surface area contributed by atoms with Crippen LogP contribution in [0.1, 0.15) is 23.0 Å². The summed E-state index contributed by atoms with van der Waals surface area (Å²) in [4.78, 5) is 24.0. The number of rotatable bonds is 4. The SMILES string of the molecule is CC(=O)n1cc(-n2c(C)cc(OCc3ccc(F)cc3F)c(Cl)c2=O)cn1. The van der Waals surface area contributed by atoms with E-state index in [2.05, 4.69) is 5.10 Å². The Morgan fingerprint density at radius 2 is 2.04 bits per heavy atom. The standard InChI is InChI=1S/C18H14ClF2N3O3/c1-10-5-16(27-9-12-3-4-13(20)6-15(12)21)17(19)18(26)24(10)14-7-22-23(8-14)11(2)25/h3-8H,9H2,1-2H3. The lowest BCUT2D eigenvalue weighted by atomic mass is 10.2. The van der Waals surface area contributed by atoms with Crippen LogP contribution in [-0.4, -0.2) is 20.3 Å². The van der Waals surface area contributed by atoms with Crippen molar-refractivity contribution in [2.45, 2.75) is 20.5 Å². The van der Waals surface area contributed by atoms with Gasteiger partial charge in [0.1, 0.15) is 29.0 Å². The molecule has 0 atom stereocenters. The number of aromatic nitrogens is 3. The van der Waals surface area contributed by atoms with Gasteiger partial charge in [-0.3, -0.25) is 14.2 Å². The van der Waals surface area contributed by atoms with Crippen LogP contribution in [0.2, 0.25) is 5.02 Å². The second-order valence-corrected chi connectivity index (χ2v) is 6.17. The molecule has 0 amide bonds. The average molecular weight is 394 g/mol. The first kappa shape index (κ1) is 18.8. The number of halogens is 3. The van der Waals surface area contributed by atoms with E-state index in [4.69, 9.17) is 16.3 Å². The highest BCUT2D eigenvalue weighted by Gasteiger charge is 2.16. The number of ether oxygens (including phenoxy) is 1. The van der Waals surface area contributed by atoms with Gasteiger partial charge in [-0.15, -0.1) is 0 Å². The Morgan fingerprint density at radius 3 is 2.67 bits per heavy atom. The van der Waals surface area contributed by atoms with Crippen LogP contribution in [0, 0.1) is 18.6 Å². The molecule has 27 heavy (non-hydrogen) atoms. The lowest BCUT2D eigenvalue weighted by molar-refractivity contribution is 0.0921. The van der Waals surface area contributed by atoms with Crippen LogP contribution in [0.15, 0.2) is 41.5 Å². The third kappa shape index (κ3) is 3.75. The van der Waals surface area contributed by atoms with E-state index in [0.717, 1.165) is 16.8 Å². The average Bonchev–Trinajstić information content (AvgIpc) is 3.08. The maximum atomic E-state index is 13.7. The van der Waals surface area contributed by atoms with Gasteiger partial charge < -0.3 is 4.74 Å². The van der Waals surface area contributed by atoms with Crippen LogP contribution in [0.4, 0.5) is 8.78 Å². The minimum Gasteiger partial charge on any atom is -0.487 e. The molecule has 0 unspecified atom stereocenters. The quantitative estimate of drug-likeness (QED) is 0.680. The molecule has 0 saturated heterocycles. The lowest BCUT2D eigenvalue weighted by Gasteiger charge is -2.13. The largest absolute Gasteiger partial charge is 0.487 e. The van der Waals surface area contributed by atoms with Crippen molar-refractivity contribution in [1.82, 2.24) is 14.3 Å². The molecule has 2 heterocycles. The van der Waals surface area contributed by atoms with E-state index in [1.165, 1.54) is 36.0 Å². The molecule has 0 bridgehead atoms. The Kier molecular flexibility index (Phi) is 5.09. The highest BCUT2D eigenvalue weighted by molar-refractivity contribution is 6.31. The summed E-state index contributed by atoms with van der Waals surface area (Å²) in [5.74, 6) is -1.69. The number of carbonyl (C=O) groups is 1. The molecule has 0 N–H and O–H groups in total. The van der Waals surface area contributed by atoms with E-state index >= 15 is 0 Å². The van der Waals surface area contributed by atoms with Crippen LogP contribution in [0.3, 0.4) is 0 Å². The van der Waals surface area contributed by atoms with E-state index < -0.39 is 17.2 Å². The topological polar surface area (TPSA) is 66.1 Å². The third-order valence-electron chi connectivity index (χ3n) is 3.85. The van der Waals surface area contributed by atoms with Gasteiger partial charge in [0.25, 0.3) is 5.56 Å². The molecule has 0 fully saturated rings. The smallest absolute Gasteiger partial charge is 0.277 e. The number of hydrogen-bond acceptors (Lipinski definition) is 4. The molecule has 0 aliphatic heterocycles. The minimum absolute atomic E-state index is 0.0677. The highest BCUT2D eigenvalue weighted by Crippen LogP contribution is 2.25. The van der Waals surface area contributed by atoms with Crippen molar-refractivity contribution in [3.05, 3.63) is 74.9 Å². The number of benzene rings is 1. The molecular formula is C18H14ClF2N3O3. The van der Waals surface area contributed by atoms with E-state index in [9.17, 15) is 18.4 Å². The zero-order valence-corrected chi connectivity index (χ0v) is 15.1. The van der Waals surface area contributed by atoms with Crippen molar-refractivity contribution in [3.63, 3.8) is 0 Å². The van der Waals surface area contributed by atoms with Crippen LogP contribution in [0.25, 0.3) is 5.69 Å². The molecule has 140 valence electrons. The molecule has 0 saturated carbocycles. The van der Waals surface area contributed by atoms with E-state index in [1.807, 2.05) is 0 Å². The van der Waals surface area contributed by atoms with Gasteiger partial charge in [0.2, 0.25) is 5.91 Å². The fourth-order valence-corrected chi connectivity index (χ4v) is 2.70. The second kappa shape index (κ2) is 7.32. The summed E-state index contributed by atoms with van der Waals surface area (Å²) in [6, 6.07) is 4.62. The van der Waals surface area contributed by atoms with Crippen molar-refractivity contribution in [3.8, 4) is 11.4 Å². The van der Waals surface area contributed by atoms with Gasteiger partial charge in [-0.25, -0.2) is 13.5 Å². The molecule has 3 rings (SSSR count). The second-order valence-electron chi connectivity index (χ2n) is 5.79. The summed E-state index contributed by atoms with van der Waals surface area (Å²) >= 11 is 6.11. The van der Waals surface area contributed by atoms with E-state index in [0.29, 0.717) is 11.4 Å². The Bertz CT molecular complexity index is 1090. The van der Waals surface area contributed by atoms with Crippen molar-refractivity contribution in [2.75, 3.05) is 0 Å². The monoisotopic (exact) mass is 393 g/mol. The summed E-state index contributed by atoms with van der Waals surface area (Å²) in [6.45, 7) is 2.76. The molecule has 1 aromatic carbocycles. The molecule has 3 aromatic rings. The lowest BCUT2D eigenvalue weighted by Crippen LogP contribution is -2.21. The number of carbonyl (C=O) groups excluding carboxylic acids is 1. The maximum absolute atomic E-state index is 13.7. The summed E-state index contributed by atoms with van der Waals surface area (Å²) in [5.41, 5.74) is 0.388. The molecule has 2 aromatic heterocycles. The summed E-state index contributed by atoms with van der Waals surface area (Å²) in [7, 11) is 0. The van der Waals surface area contributed by atoms with Gasteiger partial charge in [0.05, 0.1) is 18.1 Å². The van der Waals surface area contributed by atoms with E-state index in [1.54, 1.807) is 6.92 Å². The Morgan fingerprint density at radius 1 is 1.30 bits per heavy atom. The number of hydrogen-bond donors (Lipinski definition) is 0. The van der Waals surface area contributed by atoms with Crippen molar-refractivity contribution >= 4 is 17.5 Å². The van der Waals surface area contributed by atoms with Gasteiger partial charge in [-0.05, 0) is 19.1 Å². The predicted molar refractivity (Wildman–Crippen MR) is 94.6 cm³/mol. The third-order valence-corrected chi connectivity index (χ3v) is 4.20. The zero-order valence-electron chi connectivity index (χ0n) is 14.4. The van der Waals surface area contributed by atoms with Gasteiger partial charge in [0.15, 0.2) is 0 Å². The van der Waals surface area contributed by atoms with Crippen LogP contribution >= 0.6 is 11.6 Å². The van der Waals surface area contributed by atoms with Crippen LogP contribution < -0.4 is 10.3 Å². The first-order valence-electron chi connectivity index (χ1n) is 7.83. The number of nitrogens with zero attached hydrogens (tertiary/aromatic N) is 3. The summed E-state index contributed by atoms with van der Waals surface area (Å²) in [5, 5.41) is 3.67. The summed E-state index contributed by atoms with van der Waals surface area (Å²) < 4.78 is 34.5. The van der Waals surface area contributed by atoms with Crippen LogP contribution in [-0.2, 0) is 6.61 Å². The Labute approximate surface area is 157 Å². The Balaban J connectivity index is 1.92. The van der Waals surface area contributed by atoms with Crippen molar-refractivity contribution < 1.29 is 18.3 Å². The van der Waals surface area contributed by atoms with Crippen LogP contribution in [0.5, 0.6) is 5.75 Å². The maximum Gasteiger partial charge on any atom is 0.277 e. The molecule has 0 aliphatic carbocycles. The van der Waals surface area contributed by atoms with Gasteiger partial charge >= 0.3 is 0 Å².